The third-order valence-corrected chi connectivity index (χ3v) is 3.59. The summed E-state index contributed by atoms with van der Waals surface area (Å²) >= 11 is 0. The van der Waals surface area contributed by atoms with E-state index < -0.39 is 9.84 Å². The van der Waals surface area contributed by atoms with E-state index in [4.69, 9.17) is 5.73 Å². The molecule has 0 spiro atoms. The second-order valence-corrected chi connectivity index (χ2v) is 6.30. The van der Waals surface area contributed by atoms with Gasteiger partial charge in [-0.15, -0.1) is 0 Å². The van der Waals surface area contributed by atoms with Crippen molar-refractivity contribution in [1.29, 1.82) is 0 Å². The van der Waals surface area contributed by atoms with Gasteiger partial charge in [0, 0.05) is 18.8 Å². The normalized spacial score (nSPS) is 13.4. The highest BCUT2D eigenvalue weighted by atomic mass is 32.2. The number of nitrogens with one attached hydrogen (secondary N) is 1. The molecule has 0 fully saturated rings. The molecule has 0 heterocycles. The Morgan fingerprint density at radius 2 is 2.00 bits per heavy atom. The van der Waals surface area contributed by atoms with Crippen LogP contribution in [0.2, 0.25) is 0 Å². The number of hydrogen-bond acceptors (Lipinski definition) is 4. The minimum Gasteiger partial charge on any atom is -0.384 e. The number of benzene rings is 1. The molecule has 3 N–H and O–H groups in total. The quantitative estimate of drug-likeness (QED) is 0.759. The van der Waals surface area contributed by atoms with E-state index in [2.05, 4.69) is 5.32 Å². The summed E-state index contributed by atoms with van der Waals surface area (Å²) in [5, 5.41) is 3.14. The van der Waals surface area contributed by atoms with Crippen LogP contribution >= 0.6 is 0 Å². The van der Waals surface area contributed by atoms with Crippen molar-refractivity contribution in [3.63, 3.8) is 0 Å². The van der Waals surface area contributed by atoms with Crippen molar-refractivity contribution in [2.45, 2.75) is 30.7 Å². The van der Waals surface area contributed by atoms with Crippen LogP contribution in [0.5, 0.6) is 0 Å². The molecule has 1 unspecified atom stereocenters. The molecule has 17 heavy (non-hydrogen) atoms. The molecule has 0 radical (unpaired) electrons. The Kier molecular flexibility index (Phi) is 4.96. The smallest absolute Gasteiger partial charge is 0.177 e. The average Bonchev–Trinajstić information content (AvgIpc) is 2.23. The Hall–Kier alpha value is -1.07. The lowest BCUT2D eigenvalue weighted by Crippen LogP contribution is -2.16. The first-order valence-corrected chi connectivity index (χ1v) is 7.59. The van der Waals surface area contributed by atoms with Gasteiger partial charge in [0.05, 0.1) is 10.6 Å². The van der Waals surface area contributed by atoms with Crippen molar-refractivity contribution in [3.8, 4) is 0 Å². The SMILES string of the molecule is CC(N)CCCNc1ccccc1S(C)(=O)=O. The van der Waals surface area contributed by atoms with Gasteiger partial charge in [0.15, 0.2) is 9.84 Å². The number of rotatable bonds is 6. The maximum atomic E-state index is 11.5. The summed E-state index contributed by atoms with van der Waals surface area (Å²) in [6, 6.07) is 7.12. The Morgan fingerprint density at radius 1 is 1.35 bits per heavy atom. The van der Waals surface area contributed by atoms with Crippen LogP contribution in [0, 0.1) is 0 Å². The first-order chi connectivity index (χ1) is 7.91. The van der Waals surface area contributed by atoms with Gasteiger partial charge in [0.25, 0.3) is 0 Å². The molecule has 0 saturated heterocycles. The molecular formula is C12H20N2O2S. The zero-order chi connectivity index (χ0) is 12.9. The predicted molar refractivity (Wildman–Crippen MR) is 70.9 cm³/mol. The van der Waals surface area contributed by atoms with Crippen LogP contribution in [-0.2, 0) is 9.84 Å². The van der Waals surface area contributed by atoms with Crippen LogP contribution in [0.3, 0.4) is 0 Å². The highest BCUT2D eigenvalue weighted by Gasteiger charge is 2.11. The summed E-state index contributed by atoms with van der Waals surface area (Å²) in [5.74, 6) is 0. The van der Waals surface area contributed by atoms with E-state index >= 15 is 0 Å². The van der Waals surface area contributed by atoms with Crippen molar-refractivity contribution < 1.29 is 8.42 Å². The Labute approximate surface area is 103 Å². The fourth-order valence-electron chi connectivity index (χ4n) is 1.58. The lowest BCUT2D eigenvalue weighted by Gasteiger charge is -2.11. The zero-order valence-corrected chi connectivity index (χ0v) is 11.1. The second-order valence-electron chi connectivity index (χ2n) is 4.31. The maximum Gasteiger partial charge on any atom is 0.177 e. The number of anilines is 1. The number of nitrogens with two attached hydrogens (primary N) is 1. The lowest BCUT2D eigenvalue weighted by molar-refractivity contribution is 0.602. The zero-order valence-electron chi connectivity index (χ0n) is 10.3. The Balaban J connectivity index is 2.65. The minimum absolute atomic E-state index is 0.182. The van der Waals surface area contributed by atoms with Crippen molar-refractivity contribution in [1.82, 2.24) is 0 Å². The van der Waals surface area contributed by atoms with E-state index in [0.717, 1.165) is 19.4 Å². The van der Waals surface area contributed by atoms with Crippen molar-refractivity contribution >= 4 is 15.5 Å². The fraction of sp³-hybridized carbons (Fsp3) is 0.500. The summed E-state index contributed by atoms with van der Waals surface area (Å²) < 4.78 is 23.1. The molecule has 0 aliphatic rings. The van der Waals surface area contributed by atoms with Crippen LogP contribution < -0.4 is 11.1 Å². The number of para-hydroxylation sites is 1. The maximum absolute atomic E-state index is 11.5. The van der Waals surface area contributed by atoms with E-state index in [0.29, 0.717) is 10.6 Å². The van der Waals surface area contributed by atoms with Crippen LogP contribution in [-0.4, -0.2) is 27.3 Å². The molecule has 1 atom stereocenters. The summed E-state index contributed by atoms with van der Waals surface area (Å²) in [5.41, 5.74) is 6.31. The van der Waals surface area contributed by atoms with E-state index in [1.807, 2.05) is 13.0 Å². The van der Waals surface area contributed by atoms with Gasteiger partial charge in [-0.1, -0.05) is 12.1 Å². The van der Waals surface area contributed by atoms with Gasteiger partial charge in [-0.3, -0.25) is 0 Å². The van der Waals surface area contributed by atoms with Crippen LogP contribution in [0.1, 0.15) is 19.8 Å². The molecule has 0 aliphatic carbocycles. The van der Waals surface area contributed by atoms with Gasteiger partial charge in [-0.25, -0.2) is 8.42 Å². The van der Waals surface area contributed by atoms with E-state index in [9.17, 15) is 8.42 Å². The molecule has 0 bridgehead atoms. The average molecular weight is 256 g/mol. The summed E-state index contributed by atoms with van der Waals surface area (Å²) in [6.07, 6.45) is 3.07. The van der Waals surface area contributed by atoms with Gasteiger partial charge in [0.1, 0.15) is 0 Å². The Bertz CT molecular complexity index is 455. The standard InChI is InChI=1S/C12H20N2O2S/c1-10(13)6-5-9-14-11-7-3-4-8-12(11)17(2,15)16/h3-4,7-8,10,14H,5-6,9,13H2,1-2H3. The number of sulfone groups is 1. The summed E-state index contributed by atoms with van der Waals surface area (Å²) in [6.45, 7) is 2.69. The topological polar surface area (TPSA) is 72.2 Å². The van der Waals surface area contributed by atoms with Gasteiger partial charge in [-0.2, -0.15) is 0 Å². The molecule has 0 amide bonds. The minimum atomic E-state index is -3.17. The fourth-order valence-corrected chi connectivity index (χ4v) is 2.45. The van der Waals surface area contributed by atoms with Crippen molar-refractivity contribution in [3.05, 3.63) is 24.3 Å². The van der Waals surface area contributed by atoms with Crippen LogP contribution in [0.4, 0.5) is 5.69 Å². The highest BCUT2D eigenvalue weighted by molar-refractivity contribution is 7.90. The van der Waals surface area contributed by atoms with Crippen LogP contribution in [0.15, 0.2) is 29.2 Å². The monoisotopic (exact) mass is 256 g/mol. The lowest BCUT2D eigenvalue weighted by atomic mass is 10.2. The molecule has 0 aromatic heterocycles. The molecule has 4 nitrogen and oxygen atoms in total. The first kappa shape index (κ1) is 14.0. The molecule has 0 saturated carbocycles. The molecule has 5 heteroatoms. The highest BCUT2D eigenvalue weighted by Crippen LogP contribution is 2.20. The van der Waals surface area contributed by atoms with Gasteiger partial charge >= 0.3 is 0 Å². The summed E-state index contributed by atoms with van der Waals surface area (Å²) in [7, 11) is -3.17. The predicted octanol–water partition coefficient (Wildman–Crippen LogP) is 1.63. The van der Waals surface area contributed by atoms with Gasteiger partial charge in [0.2, 0.25) is 0 Å². The Morgan fingerprint density at radius 3 is 2.59 bits per heavy atom. The second kappa shape index (κ2) is 6.02. The van der Waals surface area contributed by atoms with Gasteiger partial charge in [-0.05, 0) is 31.9 Å². The third-order valence-electron chi connectivity index (χ3n) is 2.44. The molecule has 96 valence electrons. The molecule has 1 rings (SSSR count). The van der Waals surface area contributed by atoms with Crippen molar-refractivity contribution in [2.24, 2.45) is 5.73 Å². The van der Waals surface area contributed by atoms with E-state index in [1.165, 1.54) is 6.26 Å². The van der Waals surface area contributed by atoms with Gasteiger partial charge < -0.3 is 11.1 Å². The molecule has 1 aromatic carbocycles. The molecule has 0 aliphatic heterocycles. The molecule has 1 aromatic rings. The largest absolute Gasteiger partial charge is 0.384 e. The molecular weight excluding hydrogens is 236 g/mol. The third kappa shape index (κ3) is 4.75. The van der Waals surface area contributed by atoms with Crippen molar-refractivity contribution in [2.75, 3.05) is 18.1 Å². The van der Waals surface area contributed by atoms with Crippen LogP contribution in [0.25, 0.3) is 0 Å². The summed E-state index contributed by atoms with van der Waals surface area (Å²) in [4.78, 5) is 0.348. The first-order valence-electron chi connectivity index (χ1n) is 5.70. The number of hydrogen-bond donors (Lipinski definition) is 2. The van der Waals surface area contributed by atoms with E-state index in [-0.39, 0.29) is 6.04 Å². The van der Waals surface area contributed by atoms with E-state index in [1.54, 1.807) is 18.2 Å².